The van der Waals surface area contributed by atoms with Gasteiger partial charge in [0.1, 0.15) is 0 Å². The van der Waals surface area contributed by atoms with Gasteiger partial charge in [-0.3, -0.25) is 0 Å². The largest absolute Gasteiger partial charge is 0.465 e. The molecule has 2 atom stereocenters. The van der Waals surface area contributed by atoms with E-state index in [1.165, 1.54) is 4.88 Å². The van der Waals surface area contributed by atoms with Gasteiger partial charge in [-0.2, -0.15) is 0 Å². The average Bonchev–Trinajstić information content (AvgIpc) is 2.81. The van der Waals surface area contributed by atoms with Gasteiger partial charge in [-0.05, 0) is 36.5 Å². The fourth-order valence-electron chi connectivity index (χ4n) is 3.85. The van der Waals surface area contributed by atoms with Crippen molar-refractivity contribution in [1.82, 2.24) is 9.88 Å². The van der Waals surface area contributed by atoms with E-state index in [0.29, 0.717) is 11.0 Å². The van der Waals surface area contributed by atoms with Gasteiger partial charge in [-0.15, -0.1) is 11.3 Å². The number of nitrogens with zero attached hydrogens (tertiary/aromatic N) is 2. The zero-order valence-corrected chi connectivity index (χ0v) is 14.2. The van der Waals surface area contributed by atoms with Crippen LogP contribution in [-0.4, -0.2) is 33.7 Å². The predicted octanol–water partition coefficient (Wildman–Crippen LogP) is 4.07. The van der Waals surface area contributed by atoms with Crippen LogP contribution in [0.5, 0.6) is 0 Å². The summed E-state index contributed by atoms with van der Waals surface area (Å²) in [6.07, 6.45) is 3.01. The molecule has 1 aliphatic carbocycles. The normalized spacial score (nSPS) is 29.0. The number of hydrogen-bond donors (Lipinski definition) is 1. The third kappa shape index (κ3) is 2.66. The Morgan fingerprint density at radius 2 is 2.19 bits per heavy atom. The Kier molecular flexibility index (Phi) is 3.49. The predicted molar refractivity (Wildman–Crippen MR) is 84.2 cm³/mol. The van der Waals surface area contributed by atoms with Crippen molar-refractivity contribution in [3.63, 3.8) is 0 Å². The summed E-state index contributed by atoms with van der Waals surface area (Å²) >= 11 is 7.58. The van der Waals surface area contributed by atoms with Crippen LogP contribution in [0, 0.1) is 10.8 Å². The van der Waals surface area contributed by atoms with Crippen molar-refractivity contribution in [1.29, 1.82) is 0 Å². The zero-order valence-electron chi connectivity index (χ0n) is 12.6. The lowest BCUT2D eigenvalue weighted by Gasteiger charge is -2.49. The second-order valence-corrected chi connectivity index (χ2v) is 9.17. The highest BCUT2D eigenvalue weighted by Gasteiger charge is 2.49. The summed E-state index contributed by atoms with van der Waals surface area (Å²) in [6.45, 7) is 7.02. The minimum absolute atomic E-state index is 0.0487. The van der Waals surface area contributed by atoms with Crippen LogP contribution in [0.1, 0.15) is 44.2 Å². The highest BCUT2D eigenvalue weighted by molar-refractivity contribution is 7.15. The number of fused-ring (bicyclic) bond motifs is 1. The lowest BCUT2D eigenvalue weighted by molar-refractivity contribution is 0.00719. The number of piperidine rings is 1. The maximum Gasteiger partial charge on any atom is 0.407 e. The molecule has 1 aromatic rings. The number of halogens is 1. The van der Waals surface area contributed by atoms with Crippen molar-refractivity contribution < 1.29 is 9.90 Å². The first-order valence-electron chi connectivity index (χ1n) is 7.34. The van der Waals surface area contributed by atoms with Gasteiger partial charge in [0, 0.05) is 17.5 Å². The number of amides is 1. The first kappa shape index (κ1) is 15.1. The van der Waals surface area contributed by atoms with Crippen LogP contribution in [0.4, 0.5) is 4.79 Å². The van der Waals surface area contributed by atoms with Crippen LogP contribution >= 0.6 is 22.9 Å². The lowest BCUT2D eigenvalue weighted by atomic mass is 9.68. The molecule has 0 aromatic carbocycles. The summed E-state index contributed by atoms with van der Waals surface area (Å²) in [5.74, 6) is 0. The molecule has 2 unspecified atom stereocenters. The Morgan fingerprint density at radius 1 is 1.48 bits per heavy atom. The molecule has 116 valence electrons. The Balaban J connectivity index is 1.85. The molecule has 2 heterocycles. The molecule has 1 saturated heterocycles. The number of carbonyl (C=O) groups is 1. The summed E-state index contributed by atoms with van der Waals surface area (Å²) in [4.78, 5) is 18.9. The minimum Gasteiger partial charge on any atom is -0.465 e. The van der Waals surface area contributed by atoms with Crippen LogP contribution in [0.2, 0.25) is 4.47 Å². The van der Waals surface area contributed by atoms with Crippen LogP contribution in [0.3, 0.4) is 0 Å². The molecule has 6 heteroatoms. The van der Waals surface area contributed by atoms with Gasteiger partial charge in [-0.1, -0.05) is 32.4 Å². The molecule has 0 radical (unpaired) electrons. The molecule has 21 heavy (non-hydrogen) atoms. The maximum atomic E-state index is 11.5. The van der Waals surface area contributed by atoms with Crippen LogP contribution < -0.4 is 0 Å². The van der Waals surface area contributed by atoms with Gasteiger partial charge in [0.15, 0.2) is 4.47 Å². The van der Waals surface area contributed by atoms with Crippen LogP contribution in [0.15, 0.2) is 0 Å². The van der Waals surface area contributed by atoms with Crippen molar-refractivity contribution >= 4 is 29.0 Å². The molecular formula is C15H21ClN2O2S. The molecule has 1 aromatic heterocycles. The SMILES string of the molecule is CC(C)(C)C1CC2(CCN1C(=O)O)Cc1nc(Cl)sc1C2. The van der Waals surface area contributed by atoms with Gasteiger partial charge in [0.05, 0.1) is 5.69 Å². The van der Waals surface area contributed by atoms with Crippen molar-refractivity contribution in [2.24, 2.45) is 10.8 Å². The number of hydrogen-bond acceptors (Lipinski definition) is 3. The fourth-order valence-corrected chi connectivity index (χ4v) is 5.20. The van der Waals surface area contributed by atoms with E-state index in [9.17, 15) is 9.90 Å². The molecule has 1 spiro atoms. The number of carboxylic acid groups (broad SMARTS) is 1. The van der Waals surface area contributed by atoms with E-state index < -0.39 is 6.09 Å². The van der Waals surface area contributed by atoms with Gasteiger partial charge < -0.3 is 10.0 Å². The fraction of sp³-hybridized carbons (Fsp3) is 0.733. The van der Waals surface area contributed by atoms with E-state index in [0.717, 1.165) is 31.4 Å². The van der Waals surface area contributed by atoms with E-state index in [1.54, 1.807) is 16.2 Å². The van der Waals surface area contributed by atoms with Crippen LogP contribution in [-0.2, 0) is 12.8 Å². The monoisotopic (exact) mass is 328 g/mol. The van der Waals surface area contributed by atoms with Gasteiger partial charge in [0.25, 0.3) is 0 Å². The van der Waals surface area contributed by atoms with E-state index in [2.05, 4.69) is 25.8 Å². The average molecular weight is 329 g/mol. The lowest BCUT2D eigenvalue weighted by Crippen LogP contribution is -2.54. The molecule has 1 N–H and O–H groups in total. The third-order valence-corrected chi connectivity index (χ3v) is 6.16. The molecule has 3 rings (SSSR count). The highest BCUT2D eigenvalue weighted by atomic mass is 35.5. The van der Waals surface area contributed by atoms with E-state index in [4.69, 9.17) is 11.6 Å². The smallest absolute Gasteiger partial charge is 0.407 e. The van der Waals surface area contributed by atoms with E-state index in [1.807, 2.05) is 0 Å². The van der Waals surface area contributed by atoms with Crippen molar-refractivity contribution in [3.8, 4) is 0 Å². The van der Waals surface area contributed by atoms with Gasteiger partial charge in [-0.25, -0.2) is 9.78 Å². The zero-order chi connectivity index (χ0) is 15.4. The molecule has 1 fully saturated rings. The molecule has 2 aliphatic rings. The summed E-state index contributed by atoms with van der Waals surface area (Å²) in [5.41, 5.74) is 1.27. The molecule has 0 bridgehead atoms. The minimum atomic E-state index is -0.793. The maximum absolute atomic E-state index is 11.5. The number of likely N-dealkylation sites (tertiary alicyclic amines) is 1. The second-order valence-electron chi connectivity index (χ2n) is 7.50. The van der Waals surface area contributed by atoms with Gasteiger partial charge in [0.2, 0.25) is 0 Å². The molecular weight excluding hydrogens is 308 g/mol. The second kappa shape index (κ2) is 4.85. The van der Waals surface area contributed by atoms with Crippen LogP contribution in [0.25, 0.3) is 0 Å². The summed E-state index contributed by atoms with van der Waals surface area (Å²) in [6, 6.07) is 0.0632. The van der Waals surface area contributed by atoms with Crippen molar-refractivity contribution in [2.45, 2.75) is 52.5 Å². The topological polar surface area (TPSA) is 53.4 Å². The highest BCUT2D eigenvalue weighted by Crippen LogP contribution is 2.50. The number of rotatable bonds is 0. The summed E-state index contributed by atoms with van der Waals surface area (Å²) < 4.78 is 0.630. The van der Waals surface area contributed by atoms with Gasteiger partial charge >= 0.3 is 6.09 Å². The van der Waals surface area contributed by atoms with E-state index >= 15 is 0 Å². The Labute approximate surface area is 134 Å². The summed E-state index contributed by atoms with van der Waals surface area (Å²) in [7, 11) is 0. The Morgan fingerprint density at radius 3 is 2.76 bits per heavy atom. The third-order valence-electron chi connectivity index (χ3n) is 4.96. The molecule has 0 saturated carbocycles. The summed E-state index contributed by atoms with van der Waals surface area (Å²) in [5, 5.41) is 9.47. The first-order valence-corrected chi connectivity index (χ1v) is 8.53. The Bertz CT molecular complexity index is 555. The van der Waals surface area contributed by atoms with Crippen molar-refractivity contribution in [3.05, 3.63) is 15.0 Å². The standard InChI is InChI=1S/C15H21ClN2O2S/c1-14(2,3)11-8-15(4-5-18(11)13(19)20)6-9-10(7-15)21-12(16)17-9/h11H,4-8H2,1-3H3,(H,19,20). The van der Waals surface area contributed by atoms with Crippen molar-refractivity contribution in [2.75, 3.05) is 6.54 Å². The van der Waals surface area contributed by atoms with E-state index in [-0.39, 0.29) is 16.9 Å². The Hall–Kier alpha value is -0.810. The molecule has 1 aliphatic heterocycles. The number of thiazole rings is 1. The molecule has 1 amide bonds. The number of aromatic nitrogens is 1. The first-order chi connectivity index (χ1) is 9.70. The quantitative estimate of drug-likeness (QED) is 0.781. The molecule has 4 nitrogen and oxygen atoms in total.